The number of carbonyl (C=O) groups excluding carboxylic acids is 1. The third-order valence-electron chi connectivity index (χ3n) is 3.43. The van der Waals surface area contributed by atoms with Gasteiger partial charge in [0, 0.05) is 24.2 Å². The molecule has 5 nitrogen and oxygen atoms in total. The number of carbonyl (C=O) groups is 1. The Morgan fingerprint density at radius 2 is 1.95 bits per heavy atom. The Labute approximate surface area is 119 Å². The summed E-state index contributed by atoms with van der Waals surface area (Å²) < 4.78 is 0. The number of unbranched alkanes of at least 4 members (excludes halogenated alkanes) is 1. The quantitative estimate of drug-likeness (QED) is 0.584. The molecule has 0 saturated heterocycles. The topological polar surface area (TPSA) is 72.2 Å². The van der Waals surface area contributed by atoms with Crippen molar-refractivity contribution in [3.63, 3.8) is 0 Å². The lowest BCUT2D eigenvalue weighted by Gasteiger charge is -2.15. The molecule has 20 heavy (non-hydrogen) atoms. The molecule has 0 aliphatic heterocycles. The normalized spacial score (nSPS) is 11.9. The fourth-order valence-electron chi connectivity index (χ4n) is 2.02. The monoisotopic (exact) mass is 278 g/mol. The molecule has 0 saturated carbocycles. The molecular formula is C15H22N2O3. The fraction of sp³-hybridized carbons (Fsp3) is 0.533. The Morgan fingerprint density at radius 3 is 2.45 bits per heavy atom. The second kappa shape index (κ2) is 8.30. The maximum atomic E-state index is 11.9. The fourth-order valence-corrected chi connectivity index (χ4v) is 2.02. The minimum absolute atomic E-state index is 0.00377. The van der Waals surface area contributed by atoms with Crippen molar-refractivity contribution in [2.24, 2.45) is 5.92 Å². The summed E-state index contributed by atoms with van der Waals surface area (Å²) in [6.45, 7) is 4.94. The molecule has 0 aliphatic carbocycles. The van der Waals surface area contributed by atoms with E-state index in [2.05, 4.69) is 19.2 Å². The summed E-state index contributed by atoms with van der Waals surface area (Å²) in [6.07, 6.45) is 4.49. The molecule has 1 rings (SSSR count). The van der Waals surface area contributed by atoms with Gasteiger partial charge in [-0.2, -0.15) is 0 Å². The van der Waals surface area contributed by atoms with E-state index >= 15 is 0 Å². The number of rotatable bonds is 8. The highest BCUT2D eigenvalue weighted by molar-refractivity contribution is 5.94. The van der Waals surface area contributed by atoms with Gasteiger partial charge in [-0.3, -0.25) is 14.9 Å². The van der Waals surface area contributed by atoms with Gasteiger partial charge in [0.05, 0.1) is 4.92 Å². The van der Waals surface area contributed by atoms with Gasteiger partial charge in [0.15, 0.2) is 0 Å². The molecule has 110 valence electrons. The average molecular weight is 278 g/mol. The molecule has 1 aromatic carbocycles. The van der Waals surface area contributed by atoms with Crippen LogP contribution in [0.5, 0.6) is 0 Å². The third kappa shape index (κ3) is 4.99. The first-order chi connectivity index (χ1) is 9.58. The van der Waals surface area contributed by atoms with E-state index in [1.54, 1.807) is 0 Å². The number of hydrogen-bond acceptors (Lipinski definition) is 3. The standard InChI is InChI=1S/C15H22N2O3/c1-3-5-6-12(4-2)11-16-15(18)13-7-9-14(10-8-13)17(19)20/h7-10,12H,3-6,11H2,1-2H3,(H,16,18). The highest BCUT2D eigenvalue weighted by Crippen LogP contribution is 2.13. The summed E-state index contributed by atoms with van der Waals surface area (Å²) in [5.41, 5.74) is 0.455. The van der Waals surface area contributed by atoms with Crippen LogP contribution in [-0.2, 0) is 0 Å². The van der Waals surface area contributed by atoms with Crippen molar-refractivity contribution in [3.8, 4) is 0 Å². The van der Waals surface area contributed by atoms with Crippen molar-refractivity contribution in [1.82, 2.24) is 5.32 Å². The van der Waals surface area contributed by atoms with Crippen LogP contribution >= 0.6 is 0 Å². The SMILES string of the molecule is CCCCC(CC)CNC(=O)c1ccc([N+](=O)[O-])cc1. The van der Waals surface area contributed by atoms with Crippen LogP contribution in [0.1, 0.15) is 49.9 Å². The summed E-state index contributed by atoms with van der Waals surface area (Å²) in [7, 11) is 0. The Hall–Kier alpha value is -1.91. The van der Waals surface area contributed by atoms with E-state index in [9.17, 15) is 14.9 Å². The molecule has 0 fully saturated rings. The van der Waals surface area contributed by atoms with Crippen LogP contribution in [0.3, 0.4) is 0 Å². The highest BCUT2D eigenvalue weighted by atomic mass is 16.6. The highest BCUT2D eigenvalue weighted by Gasteiger charge is 2.11. The largest absolute Gasteiger partial charge is 0.352 e. The van der Waals surface area contributed by atoms with Gasteiger partial charge in [-0.1, -0.05) is 33.1 Å². The molecule has 0 aromatic heterocycles. The number of nitro benzene ring substituents is 1. The van der Waals surface area contributed by atoms with Gasteiger partial charge in [-0.25, -0.2) is 0 Å². The van der Waals surface area contributed by atoms with Crippen LogP contribution < -0.4 is 5.32 Å². The van der Waals surface area contributed by atoms with Gasteiger partial charge in [0.25, 0.3) is 11.6 Å². The van der Waals surface area contributed by atoms with E-state index < -0.39 is 4.92 Å². The van der Waals surface area contributed by atoms with Crippen LogP contribution in [-0.4, -0.2) is 17.4 Å². The smallest absolute Gasteiger partial charge is 0.269 e. The van der Waals surface area contributed by atoms with Crippen molar-refractivity contribution in [3.05, 3.63) is 39.9 Å². The third-order valence-corrected chi connectivity index (χ3v) is 3.43. The number of hydrogen-bond donors (Lipinski definition) is 1. The molecule has 1 N–H and O–H groups in total. The molecular weight excluding hydrogens is 256 g/mol. The molecule has 0 bridgehead atoms. The van der Waals surface area contributed by atoms with E-state index in [4.69, 9.17) is 0 Å². The Morgan fingerprint density at radius 1 is 1.30 bits per heavy atom. The lowest BCUT2D eigenvalue weighted by Crippen LogP contribution is -2.29. The van der Waals surface area contributed by atoms with E-state index in [1.807, 2.05) is 0 Å². The Bertz CT molecular complexity index is 443. The number of non-ortho nitro benzene ring substituents is 1. The summed E-state index contributed by atoms with van der Waals surface area (Å²) in [5, 5.41) is 13.4. The zero-order valence-electron chi connectivity index (χ0n) is 12.1. The van der Waals surface area contributed by atoms with Crippen LogP contribution in [0.25, 0.3) is 0 Å². The number of nitrogens with zero attached hydrogens (tertiary/aromatic N) is 1. The molecule has 0 radical (unpaired) electrons. The maximum absolute atomic E-state index is 11.9. The minimum atomic E-state index is -0.473. The molecule has 1 amide bonds. The number of nitrogens with one attached hydrogen (secondary N) is 1. The Kier molecular flexibility index (Phi) is 6.70. The zero-order valence-corrected chi connectivity index (χ0v) is 12.1. The second-order valence-corrected chi connectivity index (χ2v) is 4.93. The van der Waals surface area contributed by atoms with Crippen molar-refractivity contribution in [1.29, 1.82) is 0 Å². The summed E-state index contributed by atoms with van der Waals surface area (Å²) in [5.74, 6) is 0.326. The van der Waals surface area contributed by atoms with Gasteiger partial charge < -0.3 is 5.32 Å². The molecule has 5 heteroatoms. The van der Waals surface area contributed by atoms with Crippen molar-refractivity contribution < 1.29 is 9.72 Å². The molecule has 1 atom stereocenters. The number of nitro groups is 1. The molecule has 1 unspecified atom stereocenters. The minimum Gasteiger partial charge on any atom is -0.352 e. The van der Waals surface area contributed by atoms with Crippen molar-refractivity contribution >= 4 is 11.6 Å². The first-order valence-corrected chi connectivity index (χ1v) is 7.11. The van der Waals surface area contributed by atoms with Gasteiger partial charge in [0.2, 0.25) is 0 Å². The van der Waals surface area contributed by atoms with Gasteiger partial charge in [-0.15, -0.1) is 0 Å². The number of amides is 1. The van der Waals surface area contributed by atoms with Crippen LogP contribution in [0.2, 0.25) is 0 Å². The van der Waals surface area contributed by atoms with Crippen LogP contribution in [0, 0.1) is 16.0 Å². The maximum Gasteiger partial charge on any atom is 0.269 e. The van der Waals surface area contributed by atoms with Crippen molar-refractivity contribution in [2.45, 2.75) is 39.5 Å². The van der Waals surface area contributed by atoms with E-state index in [1.165, 1.54) is 30.7 Å². The number of benzene rings is 1. The summed E-state index contributed by atoms with van der Waals surface area (Å²) in [4.78, 5) is 22.0. The first kappa shape index (κ1) is 16.1. The molecule has 0 spiro atoms. The molecule has 0 aliphatic rings. The predicted octanol–water partition coefficient (Wildman–Crippen LogP) is 3.54. The van der Waals surface area contributed by atoms with E-state index in [0.717, 1.165) is 19.3 Å². The van der Waals surface area contributed by atoms with Crippen LogP contribution in [0.4, 0.5) is 5.69 Å². The Balaban J connectivity index is 2.51. The van der Waals surface area contributed by atoms with Crippen LogP contribution in [0.15, 0.2) is 24.3 Å². The zero-order chi connectivity index (χ0) is 15.0. The summed E-state index contributed by atoms with van der Waals surface area (Å²) in [6, 6.07) is 5.67. The summed E-state index contributed by atoms with van der Waals surface area (Å²) >= 11 is 0. The molecule has 1 aromatic rings. The van der Waals surface area contributed by atoms with Crippen molar-refractivity contribution in [2.75, 3.05) is 6.54 Å². The van der Waals surface area contributed by atoms with E-state index in [0.29, 0.717) is 18.0 Å². The molecule has 0 heterocycles. The van der Waals surface area contributed by atoms with E-state index in [-0.39, 0.29) is 11.6 Å². The van der Waals surface area contributed by atoms with Gasteiger partial charge in [-0.05, 0) is 24.5 Å². The lowest BCUT2D eigenvalue weighted by molar-refractivity contribution is -0.384. The lowest BCUT2D eigenvalue weighted by atomic mass is 9.99. The average Bonchev–Trinajstić information content (AvgIpc) is 2.47. The second-order valence-electron chi connectivity index (χ2n) is 4.93. The predicted molar refractivity (Wildman–Crippen MR) is 78.7 cm³/mol. The first-order valence-electron chi connectivity index (χ1n) is 7.11. The van der Waals surface area contributed by atoms with Gasteiger partial charge >= 0.3 is 0 Å². The van der Waals surface area contributed by atoms with Gasteiger partial charge in [0.1, 0.15) is 0 Å².